The number of aromatic amines is 1. The maximum absolute atomic E-state index is 13.2. The fraction of sp³-hybridized carbons (Fsp3) is 0.438. The molecule has 2 heterocycles. The Hall–Kier alpha value is -1.98. The molecule has 1 aromatic heterocycles. The van der Waals surface area contributed by atoms with Gasteiger partial charge in [0, 0.05) is 35.7 Å². The predicted molar refractivity (Wildman–Crippen MR) is 80.3 cm³/mol. The molecule has 3 nitrogen and oxygen atoms in total. The Bertz CT molecular complexity index is 728. The smallest absolute Gasteiger partial charge is 0.372 e. The van der Waals surface area contributed by atoms with Crippen molar-refractivity contribution >= 4 is 16.6 Å². The summed E-state index contributed by atoms with van der Waals surface area (Å²) in [7, 11) is 0. The first-order valence-electron chi connectivity index (χ1n) is 7.44. The number of H-pyrrole nitrogens is 1. The van der Waals surface area contributed by atoms with Gasteiger partial charge in [0.05, 0.1) is 5.56 Å². The third-order valence-corrected chi connectivity index (χ3v) is 4.10. The summed E-state index contributed by atoms with van der Waals surface area (Å²) in [5, 5.41) is 0.0499. The zero-order valence-electron chi connectivity index (χ0n) is 12.0. The summed E-state index contributed by atoms with van der Waals surface area (Å²) < 4.78 is 39.5. The molecule has 0 amide bonds. The molecule has 0 atom stereocenters. The second-order valence-corrected chi connectivity index (χ2v) is 5.68. The average Bonchev–Trinajstić information content (AvgIpc) is 2.74. The number of rotatable bonds is 1. The number of nitrogens with one attached hydrogen (secondary N) is 1. The number of benzene rings is 1. The third kappa shape index (κ3) is 2.96. The number of pyridine rings is 1. The highest BCUT2D eigenvalue weighted by molar-refractivity contribution is 5.86. The molecule has 118 valence electrons. The molecule has 0 aliphatic carbocycles. The van der Waals surface area contributed by atoms with Gasteiger partial charge in [-0.1, -0.05) is 12.8 Å². The molecule has 1 aliphatic rings. The first-order chi connectivity index (χ1) is 10.4. The lowest BCUT2D eigenvalue weighted by molar-refractivity contribution is -0.136. The molecule has 2 aromatic rings. The molecule has 0 spiro atoms. The van der Waals surface area contributed by atoms with Crippen LogP contribution < -0.4 is 10.5 Å². The summed E-state index contributed by atoms with van der Waals surface area (Å²) >= 11 is 0. The Kier molecular flexibility index (Phi) is 3.85. The monoisotopic (exact) mass is 310 g/mol. The topological polar surface area (TPSA) is 36.1 Å². The van der Waals surface area contributed by atoms with Crippen LogP contribution in [0.3, 0.4) is 0 Å². The van der Waals surface area contributed by atoms with E-state index in [4.69, 9.17) is 0 Å². The van der Waals surface area contributed by atoms with Gasteiger partial charge in [0.25, 0.3) is 0 Å². The van der Waals surface area contributed by atoms with Gasteiger partial charge in [-0.2, -0.15) is 13.2 Å². The number of anilines is 1. The maximum Gasteiger partial charge on any atom is 0.417 e. The Morgan fingerprint density at radius 2 is 1.68 bits per heavy atom. The van der Waals surface area contributed by atoms with E-state index in [1.165, 1.54) is 0 Å². The zero-order chi connectivity index (χ0) is 15.7. The van der Waals surface area contributed by atoms with Gasteiger partial charge in [0.15, 0.2) is 0 Å². The van der Waals surface area contributed by atoms with Crippen molar-refractivity contribution in [1.29, 1.82) is 0 Å². The SMILES string of the molecule is O=c1cc(C(F)(F)F)c2cc(N3CCCCCC3)ccc2[nH]1. The summed E-state index contributed by atoms with van der Waals surface area (Å²) in [5.74, 6) is 0. The molecule has 0 unspecified atom stereocenters. The minimum absolute atomic E-state index is 0.0499. The number of fused-ring (bicyclic) bond motifs is 1. The van der Waals surface area contributed by atoms with Gasteiger partial charge in [-0.3, -0.25) is 4.79 Å². The molecular weight excluding hydrogens is 293 g/mol. The van der Waals surface area contributed by atoms with Gasteiger partial charge >= 0.3 is 6.18 Å². The number of halogens is 3. The van der Waals surface area contributed by atoms with Crippen molar-refractivity contribution in [1.82, 2.24) is 4.98 Å². The number of alkyl halides is 3. The van der Waals surface area contributed by atoms with Crippen molar-refractivity contribution in [3.8, 4) is 0 Å². The van der Waals surface area contributed by atoms with Crippen molar-refractivity contribution in [3.63, 3.8) is 0 Å². The van der Waals surface area contributed by atoms with E-state index in [1.807, 2.05) is 0 Å². The number of aromatic nitrogens is 1. The maximum atomic E-state index is 13.2. The highest BCUT2D eigenvalue weighted by Gasteiger charge is 2.33. The highest BCUT2D eigenvalue weighted by atomic mass is 19.4. The second-order valence-electron chi connectivity index (χ2n) is 5.68. The van der Waals surface area contributed by atoms with E-state index in [9.17, 15) is 18.0 Å². The van der Waals surface area contributed by atoms with E-state index in [0.29, 0.717) is 6.07 Å². The van der Waals surface area contributed by atoms with E-state index in [0.717, 1.165) is 44.5 Å². The Morgan fingerprint density at radius 1 is 1.00 bits per heavy atom. The van der Waals surface area contributed by atoms with Crippen LogP contribution in [-0.4, -0.2) is 18.1 Å². The molecule has 0 radical (unpaired) electrons. The molecule has 3 rings (SSSR count). The van der Waals surface area contributed by atoms with Crippen LogP contribution in [0.1, 0.15) is 31.2 Å². The molecule has 6 heteroatoms. The fourth-order valence-corrected chi connectivity index (χ4v) is 3.00. The predicted octanol–water partition coefficient (Wildman–Crippen LogP) is 3.93. The van der Waals surface area contributed by atoms with Crippen LogP contribution in [0.25, 0.3) is 10.9 Å². The lowest BCUT2D eigenvalue weighted by Gasteiger charge is -2.23. The number of nitrogens with zero attached hydrogens (tertiary/aromatic N) is 1. The Morgan fingerprint density at radius 3 is 2.32 bits per heavy atom. The standard InChI is InChI=1S/C16H17F3N2O/c17-16(18,19)13-10-15(22)20-14-6-5-11(9-12(13)14)21-7-3-1-2-4-8-21/h5-6,9-10H,1-4,7-8H2,(H,20,22). The lowest BCUT2D eigenvalue weighted by Crippen LogP contribution is -2.24. The van der Waals surface area contributed by atoms with Crippen LogP contribution in [-0.2, 0) is 6.18 Å². The first-order valence-corrected chi connectivity index (χ1v) is 7.44. The molecular formula is C16H17F3N2O. The Labute approximate surface area is 125 Å². The molecule has 22 heavy (non-hydrogen) atoms. The van der Waals surface area contributed by atoms with Crippen LogP contribution in [0.2, 0.25) is 0 Å². The second kappa shape index (κ2) is 5.66. The van der Waals surface area contributed by atoms with Crippen molar-refractivity contribution < 1.29 is 13.2 Å². The molecule has 1 N–H and O–H groups in total. The van der Waals surface area contributed by atoms with Crippen LogP contribution in [0.5, 0.6) is 0 Å². The van der Waals surface area contributed by atoms with Crippen molar-refractivity contribution in [2.45, 2.75) is 31.9 Å². The van der Waals surface area contributed by atoms with Gasteiger partial charge < -0.3 is 9.88 Å². The number of hydrogen-bond acceptors (Lipinski definition) is 2. The van der Waals surface area contributed by atoms with E-state index in [1.54, 1.807) is 18.2 Å². The van der Waals surface area contributed by atoms with Gasteiger partial charge in [-0.15, -0.1) is 0 Å². The molecule has 0 saturated carbocycles. The quantitative estimate of drug-likeness (QED) is 0.866. The summed E-state index contributed by atoms with van der Waals surface area (Å²) in [6, 6.07) is 5.52. The van der Waals surface area contributed by atoms with Gasteiger partial charge in [0.1, 0.15) is 0 Å². The van der Waals surface area contributed by atoms with Crippen LogP contribution in [0.4, 0.5) is 18.9 Å². The van der Waals surface area contributed by atoms with Crippen molar-refractivity contribution in [3.05, 3.63) is 40.2 Å². The van der Waals surface area contributed by atoms with Gasteiger partial charge in [-0.05, 0) is 31.0 Å². The summed E-state index contributed by atoms with van der Waals surface area (Å²) in [5.41, 5.74) is -0.601. The van der Waals surface area contributed by atoms with Gasteiger partial charge in [0.2, 0.25) is 5.56 Å². The van der Waals surface area contributed by atoms with E-state index >= 15 is 0 Å². The minimum Gasteiger partial charge on any atom is -0.372 e. The van der Waals surface area contributed by atoms with Crippen LogP contribution in [0.15, 0.2) is 29.1 Å². The summed E-state index contributed by atoms with van der Waals surface area (Å²) in [4.78, 5) is 16.0. The number of hydrogen-bond donors (Lipinski definition) is 1. The highest BCUT2D eigenvalue weighted by Crippen LogP contribution is 2.35. The van der Waals surface area contributed by atoms with Crippen molar-refractivity contribution in [2.75, 3.05) is 18.0 Å². The lowest BCUT2D eigenvalue weighted by atomic mass is 10.1. The van der Waals surface area contributed by atoms with Crippen molar-refractivity contribution in [2.24, 2.45) is 0 Å². The van der Waals surface area contributed by atoms with Gasteiger partial charge in [-0.25, -0.2) is 0 Å². The van der Waals surface area contributed by atoms with E-state index in [-0.39, 0.29) is 10.9 Å². The summed E-state index contributed by atoms with van der Waals surface area (Å²) in [6.45, 7) is 1.71. The molecule has 1 aliphatic heterocycles. The van der Waals surface area contributed by atoms with E-state index in [2.05, 4.69) is 9.88 Å². The first kappa shape index (κ1) is 14.9. The van der Waals surface area contributed by atoms with Crippen LogP contribution >= 0.6 is 0 Å². The molecule has 1 aromatic carbocycles. The fourth-order valence-electron chi connectivity index (χ4n) is 3.00. The Balaban J connectivity index is 2.11. The molecule has 1 fully saturated rings. The van der Waals surface area contributed by atoms with E-state index < -0.39 is 17.3 Å². The molecule has 0 bridgehead atoms. The minimum atomic E-state index is -4.54. The average molecular weight is 310 g/mol. The summed E-state index contributed by atoms with van der Waals surface area (Å²) in [6.07, 6.45) is -0.119. The zero-order valence-corrected chi connectivity index (χ0v) is 12.0. The largest absolute Gasteiger partial charge is 0.417 e. The van der Waals surface area contributed by atoms with Crippen LogP contribution in [0, 0.1) is 0 Å². The molecule has 1 saturated heterocycles. The third-order valence-electron chi connectivity index (χ3n) is 4.10. The normalized spacial score (nSPS) is 16.8.